The van der Waals surface area contributed by atoms with E-state index < -0.39 is 0 Å². The Morgan fingerprint density at radius 1 is 1.47 bits per heavy atom. The van der Waals surface area contributed by atoms with Crippen LogP contribution in [0.25, 0.3) is 0 Å². The van der Waals surface area contributed by atoms with Gasteiger partial charge in [-0.25, -0.2) is 0 Å². The van der Waals surface area contributed by atoms with E-state index in [4.69, 9.17) is 15.9 Å². The largest absolute Gasteiger partial charge is 0.384 e. The average molecular weight is 207 g/mol. The molecule has 0 aliphatic rings. The molecule has 4 nitrogen and oxygen atoms in total. The van der Waals surface area contributed by atoms with Crippen LogP contribution >= 0.6 is 0 Å². The number of para-hydroxylation sites is 1. The van der Waals surface area contributed by atoms with E-state index >= 15 is 0 Å². The van der Waals surface area contributed by atoms with Crippen molar-refractivity contribution in [2.75, 3.05) is 32.2 Å². The molecular weight excluding hydrogens is 190 g/mol. The molecule has 1 rings (SSSR count). The maximum atomic E-state index is 7.47. The van der Waals surface area contributed by atoms with Crippen LogP contribution in [0.4, 0.5) is 5.69 Å². The highest BCUT2D eigenvalue weighted by molar-refractivity contribution is 6.00. The van der Waals surface area contributed by atoms with Crippen molar-refractivity contribution >= 4 is 11.5 Å². The van der Waals surface area contributed by atoms with E-state index in [2.05, 4.69) is 0 Å². The summed E-state index contributed by atoms with van der Waals surface area (Å²) in [5, 5.41) is 7.47. The van der Waals surface area contributed by atoms with E-state index in [1.165, 1.54) is 0 Å². The monoisotopic (exact) mass is 207 g/mol. The molecule has 1 aromatic carbocycles. The van der Waals surface area contributed by atoms with Gasteiger partial charge in [-0.05, 0) is 12.1 Å². The molecule has 0 spiro atoms. The third-order valence-corrected chi connectivity index (χ3v) is 2.24. The molecule has 0 aliphatic carbocycles. The Kier molecular flexibility index (Phi) is 4.12. The molecule has 4 heteroatoms. The molecule has 82 valence electrons. The first-order chi connectivity index (χ1) is 7.16. The summed E-state index contributed by atoms with van der Waals surface area (Å²) in [6.07, 6.45) is 0. The summed E-state index contributed by atoms with van der Waals surface area (Å²) >= 11 is 0. The number of anilines is 1. The lowest BCUT2D eigenvalue weighted by molar-refractivity contribution is 0.206. The van der Waals surface area contributed by atoms with E-state index in [1.807, 2.05) is 36.2 Å². The van der Waals surface area contributed by atoms with Crippen LogP contribution in [0.1, 0.15) is 5.56 Å². The maximum absolute atomic E-state index is 7.47. The number of nitrogens with one attached hydrogen (secondary N) is 1. The number of methoxy groups -OCH3 is 1. The Hall–Kier alpha value is -1.55. The third-order valence-electron chi connectivity index (χ3n) is 2.24. The lowest BCUT2D eigenvalue weighted by Gasteiger charge is -2.21. The minimum Gasteiger partial charge on any atom is -0.384 e. The second-order valence-electron chi connectivity index (χ2n) is 3.35. The van der Waals surface area contributed by atoms with Crippen LogP contribution in [0.3, 0.4) is 0 Å². The van der Waals surface area contributed by atoms with Crippen LogP contribution < -0.4 is 10.6 Å². The summed E-state index contributed by atoms with van der Waals surface area (Å²) in [7, 11) is 3.63. The highest BCUT2D eigenvalue weighted by atomic mass is 16.5. The van der Waals surface area contributed by atoms with E-state index in [1.54, 1.807) is 7.11 Å². The van der Waals surface area contributed by atoms with Crippen molar-refractivity contribution in [3.8, 4) is 0 Å². The molecule has 0 heterocycles. The quantitative estimate of drug-likeness (QED) is 0.560. The van der Waals surface area contributed by atoms with Crippen LogP contribution in [0, 0.1) is 5.41 Å². The lowest BCUT2D eigenvalue weighted by Crippen LogP contribution is -2.25. The zero-order chi connectivity index (χ0) is 11.3. The second-order valence-corrected chi connectivity index (χ2v) is 3.35. The highest BCUT2D eigenvalue weighted by Crippen LogP contribution is 2.17. The molecule has 0 aliphatic heterocycles. The molecule has 1 aromatic rings. The van der Waals surface area contributed by atoms with E-state index in [0.29, 0.717) is 6.61 Å². The van der Waals surface area contributed by atoms with Gasteiger partial charge in [-0.3, -0.25) is 5.41 Å². The number of hydrogen-bond acceptors (Lipinski definition) is 3. The normalized spacial score (nSPS) is 10.0. The molecular formula is C11H17N3O. The summed E-state index contributed by atoms with van der Waals surface area (Å²) in [5.74, 6) is 0.0925. The predicted octanol–water partition coefficient (Wildman–Crippen LogP) is 1.05. The van der Waals surface area contributed by atoms with Crippen molar-refractivity contribution in [1.82, 2.24) is 0 Å². The van der Waals surface area contributed by atoms with Crippen LogP contribution in [0.2, 0.25) is 0 Å². The highest BCUT2D eigenvalue weighted by Gasteiger charge is 2.08. The number of amidine groups is 1. The zero-order valence-corrected chi connectivity index (χ0v) is 9.16. The molecule has 0 amide bonds. The number of nitrogens with zero attached hydrogens (tertiary/aromatic N) is 1. The van der Waals surface area contributed by atoms with E-state index in [0.717, 1.165) is 17.8 Å². The topological polar surface area (TPSA) is 62.3 Å². The van der Waals surface area contributed by atoms with Gasteiger partial charge in [-0.2, -0.15) is 0 Å². The molecule has 0 saturated heterocycles. The van der Waals surface area contributed by atoms with Crippen molar-refractivity contribution in [3.63, 3.8) is 0 Å². The Morgan fingerprint density at radius 2 is 2.13 bits per heavy atom. The Bertz CT molecular complexity index is 338. The Balaban J connectivity index is 2.87. The minimum absolute atomic E-state index is 0.0925. The number of rotatable bonds is 5. The van der Waals surface area contributed by atoms with Gasteiger partial charge in [0.05, 0.1) is 6.61 Å². The van der Waals surface area contributed by atoms with Crippen LogP contribution in [0.15, 0.2) is 24.3 Å². The second kappa shape index (κ2) is 5.36. The smallest absolute Gasteiger partial charge is 0.124 e. The molecule has 0 bridgehead atoms. The summed E-state index contributed by atoms with van der Waals surface area (Å²) < 4.78 is 5.01. The lowest BCUT2D eigenvalue weighted by atomic mass is 10.1. The SMILES string of the molecule is COCCN(C)c1ccccc1C(=N)N. The number of ether oxygens (including phenoxy) is 1. The fourth-order valence-electron chi connectivity index (χ4n) is 1.38. The van der Waals surface area contributed by atoms with Crippen molar-refractivity contribution in [1.29, 1.82) is 5.41 Å². The van der Waals surface area contributed by atoms with Gasteiger partial charge in [0.2, 0.25) is 0 Å². The standard InChI is InChI=1S/C11H17N3O/c1-14(7-8-15-2)10-6-4-3-5-9(10)11(12)13/h3-6H,7-8H2,1-2H3,(H3,12,13). The average Bonchev–Trinajstić information content (AvgIpc) is 2.25. The first kappa shape index (κ1) is 11.5. The Labute approximate surface area is 90.2 Å². The summed E-state index contributed by atoms with van der Waals surface area (Å²) in [6.45, 7) is 1.43. The molecule has 0 atom stereocenters. The number of nitrogen functional groups attached to an aromatic ring is 1. The maximum Gasteiger partial charge on any atom is 0.124 e. The van der Waals surface area contributed by atoms with Gasteiger partial charge in [0.15, 0.2) is 0 Å². The first-order valence-electron chi connectivity index (χ1n) is 4.80. The number of nitrogens with two attached hydrogens (primary N) is 1. The Morgan fingerprint density at radius 3 is 2.73 bits per heavy atom. The van der Waals surface area contributed by atoms with Crippen molar-refractivity contribution in [3.05, 3.63) is 29.8 Å². The fourth-order valence-corrected chi connectivity index (χ4v) is 1.38. The first-order valence-corrected chi connectivity index (χ1v) is 4.80. The van der Waals surface area contributed by atoms with Gasteiger partial charge in [0.25, 0.3) is 0 Å². The van der Waals surface area contributed by atoms with Gasteiger partial charge < -0.3 is 15.4 Å². The van der Waals surface area contributed by atoms with Crippen molar-refractivity contribution in [2.24, 2.45) is 5.73 Å². The van der Waals surface area contributed by atoms with Crippen molar-refractivity contribution in [2.45, 2.75) is 0 Å². The molecule has 3 N–H and O–H groups in total. The number of likely N-dealkylation sites (N-methyl/N-ethyl adjacent to an activating group) is 1. The predicted molar refractivity (Wildman–Crippen MR) is 62.6 cm³/mol. The number of hydrogen-bond donors (Lipinski definition) is 2. The molecule has 0 radical (unpaired) electrons. The van der Waals surface area contributed by atoms with Gasteiger partial charge >= 0.3 is 0 Å². The minimum atomic E-state index is 0.0925. The molecule has 0 fully saturated rings. The molecule has 0 saturated carbocycles. The molecule has 15 heavy (non-hydrogen) atoms. The third kappa shape index (κ3) is 2.95. The van der Waals surface area contributed by atoms with Crippen molar-refractivity contribution < 1.29 is 4.74 Å². The van der Waals surface area contributed by atoms with E-state index in [9.17, 15) is 0 Å². The summed E-state index contributed by atoms with van der Waals surface area (Å²) in [5.41, 5.74) is 7.23. The van der Waals surface area contributed by atoms with Gasteiger partial charge in [0.1, 0.15) is 5.84 Å². The number of benzene rings is 1. The van der Waals surface area contributed by atoms with Gasteiger partial charge in [0, 0.05) is 32.0 Å². The van der Waals surface area contributed by atoms with Gasteiger partial charge in [-0.1, -0.05) is 12.1 Å². The summed E-state index contributed by atoms with van der Waals surface area (Å²) in [6, 6.07) is 7.61. The summed E-state index contributed by atoms with van der Waals surface area (Å²) in [4.78, 5) is 2.03. The zero-order valence-electron chi connectivity index (χ0n) is 9.16. The van der Waals surface area contributed by atoms with Gasteiger partial charge in [-0.15, -0.1) is 0 Å². The van der Waals surface area contributed by atoms with E-state index in [-0.39, 0.29) is 5.84 Å². The fraction of sp³-hybridized carbons (Fsp3) is 0.364. The van der Waals surface area contributed by atoms with Crippen LogP contribution in [-0.4, -0.2) is 33.1 Å². The molecule has 0 unspecified atom stereocenters. The molecule has 0 aromatic heterocycles. The van der Waals surface area contributed by atoms with Crippen LogP contribution in [0.5, 0.6) is 0 Å². The van der Waals surface area contributed by atoms with Crippen LogP contribution in [-0.2, 0) is 4.74 Å².